The summed E-state index contributed by atoms with van der Waals surface area (Å²) in [7, 11) is 2.10. The van der Waals surface area contributed by atoms with E-state index in [1.165, 1.54) is 5.56 Å². The van der Waals surface area contributed by atoms with Crippen molar-refractivity contribution in [1.82, 2.24) is 4.90 Å². The number of hydrogen-bond donors (Lipinski definition) is 0. The molecule has 0 bridgehead atoms. The van der Waals surface area contributed by atoms with Crippen LogP contribution in [0.2, 0.25) is 0 Å². The molecule has 0 spiro atoms. The fourth-order valence-electron chi connectivity index (χ4n) is 2.60. The fourth-order valence-corrected chi connectivity index (χ4v) is 3.43. The average Bonchev–Trinajstić information content (AvgIpc) is 2.78. The summed E-state index contributed by atoms with van der Waals surface area (Å²) < 4.78 is 0. The minimum absolute atomic E-state index is 0.117. The third-order valence-electron chi connectivity index (χ3n) is 3.76. The van der Waals surface area contributed by atoms with Crippen molar-refractivity contribution in [2.24, 2.45) is 0 Å². The molecule has 104 valence electrons. The topological polar surface area (TPSA) is 23.6 Å². The molecule has 3 rings (SSSR count). The van der Waals surface area contributed by atoms with Crippen molar-refractivity contribution in [3.05, 3.63) is 51.7 Å². The Morgan fingerprint density at radius 2 is 2.00 bits per heavy atom. The van der Waals surface area contributed by atoms with Crippen LogP contribution in [-0.2, 0) is 6.54 Å². The molecule has 0 radical (unpaired) electrons. The monoisotopic (exact) mass is 286 g/mol. The normalized spacial score (nSPS) is 15.8. The number of aryl methyl sites for hydroxylation is 1. The molecule has 4 heteroatoms. The first-order valence-electron chi connectivity index (χ1n) is 6.78. The summed E-state index contributed by atoms with van der Waals surface area (Å²) in [5.74, 6) is 0.117. The van der Waals surface area contributed by atoms with Crippen LogP contribution >= 0.6 is 11.3 Å². The van der Waals surface area contributed by atoms with Gasteiger partial charge >= 0.3 is 0 Å². The van der Waals surface area contributed by atoms with E-state index in [4.69, 9.17) is 0 Å². The van der Waals surface area contributed by atoms with Gasteiger partial charge in [-0.05, 0) is 36.5 Å². The summed E-state index contributed by atoms with van der Waals surface area (Å²) >= 11 is 1.59. The maximum atomic E-state index is 12.8. The van der Waals surface area contributed by atoms with Crippen LogP contribution in [-0.4, -0.2) is 30.9 Å². The van der Waals surface area contributed by atoms with E-state index in [2.05, 4.69) is 18.0 Å². The first kappa shape index (κ1) is 13.3. The molecule has 1 aliphatic rings. The fraction of sp³-hybridized carbons (Fsp3) is 0.312. The summed E-state index contributed by atoms with van der Waals surface area (Å²) in [5, 5.41) is 3.98. The second kappa shape index (κ2) is 5.38. The van der Waals surface area contributed by atoms with Crippen LogP contribution in [0.25, 0.3) is 0 Å². The van der Waals surface area contributed by atoms with Crippen LogP contribution in [0.1, 0.15) is 21.5 Å². The van der Waals surface area contributed by atoms with E-state index in [1.807, 2.05) is 40.8 Å². The van der Waals surface area contributed by atoms with Crippen molar-refractivity contribution >= 4 is 22.9 Å². The van der Waals surface area contributed by atoms with E-state index < -0.39 is 0 Å². The molecular formula is C16H18N2OS. The van der Waals surface area contributed by atoms with Gasteiger partial charge in [0.25, 0.3) is 5.91 Å². The largest absolute Gasteiger partial charge is 0.307 e. The van der Waals surface area contributed by atoms with Crippen LogP contribution in [0.4, 0.5) is 5.69 Å². The highest BCUT2D eigenvalue weighted by Crippen LogP contribution is 2.27. The van der Waals surface area contributed by atoms with Gasteiger partial charge in [0, 0.05) is 30.7 Å². The van der Waals surface area contributed by atoms with Gasteiger partial charge in [0.1, 0.15) is 0 Å². The lowest BCUT2D eigenvalue weighted by Crippen LogP contribution is -2.35. The van der Waals surface area contributed by atoms with Crippen molar-refractivity contribution in [1.29, 1.82) is 0 Å². The molecule has 0 N–H and O–H groups in total. The zero-order chi connectivity index (χ0) is 14.1. The van der Waals surface area contributed by atoms with E-state index in [1.54, 1.807) is 11.3 Å². The average molecular weight is 286 g/mol. The molecule has 2 heterocycles. The first-order valence-corrected chi connectivity index (χ1v) is 7.72. The number of fused-ring (bicyclic) bond motifs is 1. The number of carbonyl (C=O) groups excluding carboxylic acids is 1. The third-order valence-corrected chi connectivity index (χ3v) is 4.62. The molecule has 1 aliphatic heterocycles. The van der Waals surface area contributed by atoms with Gasteiger partial charge in [0.2, 0.25) is 0 Å². The van der Waals surface area contributed by atoms with Gasteiger partial charge in [-0.2, -0.15) is 11.3 Å². The van der Waals surface area contributed by atoms with Gasteiger partial charge in [0.05, 0.1) is 5.56 Å². The van der Waals surface area contributed by atoms with Gasteiger partial charge in [-0.15, -0.1) is 0 Å². The number of amides is 1. The summed E-state index contributed by atoms with van der Waals surface area (Å²) in [6.45, 7) is 4.52. The smallest absolute Gasteiger partial charge is 0.259 e. The minimum Gasteiger partial charge on any atom is -0.307 e. The van der Waals surface area contributed by atoms with Crippen LogP contribution in [0.3, 0.4) is 0 Å². The van der Waals surface area contributed by atoms with E-state index >= 15 is 0 Å². The molecule has 1 aromatic carbocycles. The van der Waals surface area contributed by atoms with Crippen molar-refractivity contribution in [2.45, 2.75) is 13.5 Å². The van der Waals surface area contributed by atoms with Gasteiger partial charge in [-0.3, -0.25) is 4.79 Å². The summed E-state index contributed by atoms with van der Waals surface area (Å²) in [4.78, 5) is 17.0. The van der Waals surface area contributed by atoms with Gasteiger partial charge in [-0.1, -0.05) is 18.2 Å². The molecule has 20 heavy (non-hydrogen) atoms. The lowest BCUT2D eigenvalue weighted by atomic mass is 10.1. The number of rotatable bonds is 1. The van der Waals surface area contributed by atoms with Crippen LogP contribution in [0.5, 0.6) is 0 Å². The molecule has 0 fully saturated rings. The molecule has 0 saturated heterocycles. The molecule has 0 atom stereocenters. The summed E-state index contributed by atoms with van der Waals surface area (Å²) in [6, 6.07) is 8.20. The van der Waals surface area contributed by atoms with Gasteiger partial charge in [0.15, 0.2) is 0 Å². The van der Waals surface area contributed by atoms with Crippen LogP contribution in [0, 0.1) is 6.92 Å². The Morgan fingerprint density at radius 3 is 2.75 bits per heavy atom. The standard InChI is InChI=1S/C16H18N2OS/c1-12-10-20-11-14(12)16(19)18-8-7-17(2)9-13-5-3-4-6-15(13)18/h3-6,10-11H,7-9H2,1-2H3. The molecule has 0 unspecified atom stereocenters. The van der Waals surface area contributed by atoms with Gasteiger partial charge in [-0.25, -0.2) is 0 Å². The second-order valence-corrected chi connectivity index (χ2v) is 6.04. The number of hydrogen-bond acceptors (Lipinski definition) is 3. The van der Waals surface area contributed by atoms with Crippen molar-refractivity contribution in [3.8, 4) is 0 Å². The number of benzene rings is 1. The van der Waals surface area contributed by atoms with Crippen LogP contribution in [0.15, 0.2) is 35.0 Å². The Morgan fingerprint density at radius 1 is 1.20 bits per heavy atom. The Kier molecular flexibility index (Phi) is 3.59. The highest BCUT2D eigenvalue weighted by atomic mass is 32.1. The number of para-hydroxylation sites is 1. The molecule has 0 aliphatic carbocycles. The molecule has 1 aromatic heterocycles. The minimum atomic E-state index is 0.117. The second-order valence-electron chi connectivity index (χ2n) is 5.29. The molecule has 3 nitrogen and oxygen atoms in total. The Labute approximate surface area is 123 Å². The van der Waals surface area contributed by atoms with Crippen molar-refractivity contribution in [3.63, 3.8) is 0 Å². The van der Waals surface area contributed by atoms with E-state index in [0.29, 0.717) is 0 Å². The molecule has 2 aromatic rings. The summed E-state index contributed by atoms with van der Waals surface area (Å²) in [5.41, 5.74) is 4.16. The predicted octanol–water partition coefficient (Wildman–Crippen LogP) is 3.15. The zero-order valence-corrected chi connectivity index (χ0v) is 12.6. The Bertz CT molecular complexity index is 635. The lowest BCUT2D eigenvalue weighted by Gasteiger charge is -2.22. The number of anilines is 1. The predicted molar refractivity (Wildman–Crippen MR) is 83.5 cm³/mol. The maximum Gasteiger partial charge on any atom is 0.259 e. The Balaban J connectivity index is 2.01. The third kappa shape index (κ3) is 2.37. The van der Waals surface area contributed by atoms with E-state index in [9.17, 15) is 4.79 Å². The SMILES string of the molecule is Cc1cscc1C(=O)N1CCN(C)Cc2ccccc21. The number of likely N-dealkylation sites (N-methyl/N-ethyl adjacent to an activating group) is 1. The highest BCUT2D eigenvalue weighted by Gasteiger charge is 2.24. The van der Waals surface area contributed by atoms with Gasteiger partial charge < -0.3 is 9.80 Å². The number of nitrogens with zero attached hydrogens (tertiary/aromatic N) is 2. The quantitative estimate of drug-likeness (QED) is 0.804. The van der Waals surface area contributed by atoms with E-state index in [0.717, 1.165) is 36.4 Å². The lowest BCUT2D eigenvalue weighted by molar-refractivity contribution is 0.0986. The van der Waals surface area contributed by atoms with Crippen LogP contribution < -0.4 is 4.90 Å². The van der Waals surface area contributed by atoms with Crippen molar-refractivity contribution in [2.75, 3.05) is 25.0 Å². The van der Waals surface area contributed by atoms with Crippen molar-refractivity contribution < 1.29 is 4.79 Å². The molecule has 0 saturated carbocycles. The molecular weight excluding hydrogens is 268 g/mol. The number of carbonyl (C=O) groups is 1. The summed E-state index contributed by atoms with van der Waals surface area (Å²) in [6.07, 6.45) is 0. The highest BCUT2D eigenvalue weighted by molar-refractivity contribution is 7.08. The number of thiophene rings is 1. The Hall–Kier alpha value is -1.65. The maximum absolute atomic E-state index is 12.8. The molecule has 1 amide bonds. The van der Waals surface area contributed by atoms with E-state index in [-0.39, 0.29) is 5.91 Å². The zero-order valence-electron chi connectivity index (χ0n) is 11.8. The first-order chi connectivity index (χ1) is 9.66.